The fraction of sp³-hybridized carbons (Fsp3) is 0.667. The largest absolute Gasteiger partial charge is 0.493 e. The summed E-state index contributed by atoms with van der Waals surface area (Å²) in [6.07, 6.45) is 11.1. The molecule has 0 unspecified atom stereocenters. The molecule has 140 valence electrons. The molecular formula is C18H24N4O3S. The number of fused-ring (bicyclic) bond motifs is 1. The Labute approximate surface area is 153 Å². The SMILES string of the molecule is CS(=O)(=O)Nc1nnc2cc(OCC34CC5CC(CC(C5)C3)C4)ccn12. The molecule has 4 aliphatic rings. The minimum absolute atomic E-state index is 0.190. The van der Waals surface area contributed by atoms with Crippen molar-refractivity contribution in [2.75, 3.05) is 17.6 Å². The molecule has 26 heavy (non-hydrogen) atoms. The minimum Gasteiger partial charge on any atom is -0.493 e. The second-order valence-electron chi connectivity index (χ2n) is 8.69. The number of ether oxygens (including phenoxy) is 1. The van der Waals surface area contributed by atoms with Gasteiger partial charge in [0.2, 0.25) is 16.0 Å². The highest BCUT2D eigenvalue weighted by Crippen LogP contribution is 2.60. The molecule has 1 N–H and O–H groups in total. The third kappa shape index (κ3) is 2.94. The minimum atomic E-state index is -3.39. The van der Waals surface area contributed by atoms with Gasteiger partial charge < -0.3 is 4.74 Å². The summed E-state index contributed by atoms with van der Waals surface area (Å²) in [6, 6.07) is 3.67. The molecule has 0 saturated heterocycles. The molecule has 0 aromatic carbocycles. The van der Waals surface area contributed by atoms with E-state index in [0.717, 1.165) is 36.4 Å². The molecular weight excluding hydrogens is 352 g/mol. The molecule has 0 amide bonds. The van der Waals surface area contributed by atoms with Gasteiger partial charge in [-0.1, -0.05) is 0 Å². The van der Waals surface area contributed by atoms with E-state index in [9.17, 15) is 8.42 Å². The number of hydrogen-bond donors (Lipinski definition) is 1. The lowest BCUT2D eigenvalue weighted by Crippen LogP contribution is -2.48. The zero-order valence-electron chi connectivity index (χ0n) is 14.9. The summed E-state index contributed by atoms with van der Waals surface area (Å²) in [4.78, 5) is 0. The van der Waals surface area contributed by atoms with E-state index in [4.69, 9.17) is 4.74 Å². The first kappa shape index (κ1) is 16.4. The lowest BCUT2D eigenvalue weighted by Gasteiger charge is -2.56. The van der Waals surface area contributed by atoms with Gasteiger partial charge >= 0.3 is 0 Å². The van der Waals surface area contributed by atoms with Crippen molar-refractivity contribution in [1.82, 2.24) is 14.6 Å². The van der Waals surface area contributed by atoms with Crippen molar-refractivity contribution >= 4 is 21.6 Å². The molecule has 4 fully saturated rings. The highest BCUT2D eigenvalue weighted by Gasteiger charge is 2.51. The lowest BCUT2D eigenvalue weighted by molar-refractivity contribution is -0.0745. The number of hydrogen-bond acceptors (Lipinski definition) is 5. The van der Waals surface area contributed by atoms with Gasteiger partial charge in [0, 0.05) is 17.7 Å². The van der Waals surface area contributed by atoms with Crippen LogP contribution in [0.15, 0.2) is 18.3 Å². The summed E-state index contributed by atoms with van der Waals surface area (Å²) in [5.74, 6) is 3.69. The van der Waals surface area contributed by atoms with Crippen LogP contribution in [0.2, 0.25) is 0 Å². The van der Waals surface area contributed by atoms with Crippen LogP contribution >= 0.6 is 0 Å². The van der Waals surface area contributed by atoms with Gasteiger partial charge in [-0.25, -0.2) is 8.42 Å². The molecule has 2 heterocycles. The van der Waals surface area contributed by atoms with Crippen LogP contribution in [-0.4, -0.2) is 35.9 Å². The maximum atomic E-state index is 11.4. The molecule has 6 rings (SSSR count). The van der Waals surface area contributed by atoms with E-state index in [1.54, 1.807) is 10.6 Å². The van der Waals surface area contributed by atoms with Crippen molar-refractivity contribution in [3.63, 3.8) is 0 Å². The normalized spacial score (nSPS) is 32.9. The van der Waals surface area contributed by atoms with Gasteiger partial charge in [0.05, 0.1) is 12.9 Å². The van der Waals surface area contributed by atoms with E-state index in [1.165, 1.54) is 38.5 Å². The first-order chi connectivity index (χ1) is 12.4. The molecule has 8 heteroatoms. The van der Waals surface area contributed by atoms with Gasteiger partial charge in [-0.2, -0.15) is 0 Å². The summed E-state index contributed by atoms with van der Waals surface area (Å²) in [5.41, 5.74) is 0.927. The monoisotopic (exact) mass is 376 g/mol. The molecule has 0 atom stereocenters. The van der Waals surface area contributed by atoms with Crippen molar-refractivity contribution in [2.24, 2.45) is 23.2 Å². The molecule has 2 aromatic heterocycles. The Kier molecular flexibility index (Phi) is 3.51. The van der Waals surface area contributed by atoms with Crippen molar-refractivity contribution in [3.05, 3.63) is 18.3 Å². The van der Waals surface area contributed by atoms with E-state index in [0.29, 0.717) is 11.1 Å². The number of sulfonamides is 1. The summed E-state index contributed by atoms with van der Waals surface area (Å²) < 4.78 is 33.0. The van der Waals surface area contributed by atoms with E-state index < -0.39 is 10.0 Å². The maximum absolute atomic E-state index is 11.4. The number of pyridine rings is 1. The predicted octanol–water partition coefficient (Wildman–Crippen LogP) is 2.70. The fourth-order valence-electron chi connectivity index (χ4n) is 5.90. The van der Waals surface area contributed by atoms with Gasteiger partial charge in [-0.3, -0.25) is 9.12 Å². The average molecular weight is 376 g/mol. The third-order valence-electron chi connectivity index (χ3n) is 6.37. The average Bonchev–Trinajstić information content (AvgIpc) is 2.92. The number of aromatic nitrogens is 3. The predicted molar refractivity (Wildman–Crippen MR) is 97.6 cm³/mol. The van der Waals surface area contributed by atoms with Crippen LogP contribution < -0.4 is 9.46 Å². The zero-order valence-corrected chi connectivity index (χ0v) is 15.7. The van der Waals surface area contributed by atoms with E-state index in [-0.39, 0.29) is 5.95 Å². The number of anilines is 1. The highest BCUT2D eigenvalue weighted by molar-refractivity contribution is 7.91. The van der Waals surface area contributed by atoms with Gasteiger partial charge in [0.25, 0.3) is 0 Å². The van der Waals surface area contributed by atoms with Crippen LogP contribution in [0.3, 0.4) is 0 Å². The standard InChI is InChI=1S/C18H24N4O3S/c1-26(23,24)21-17-20-19-16-7-15(2-3-22(16)17)25-11-18-8-12-4-13(9-18)6-14(5-12)10-18/h2-3,7,12-14H,4-6,8-11H2,1H3,(H,20,21). The Morgan fingerprint density at radius 1 is 1.19 bits per heavy atom. The second kappa shape index (κ2) is 5.58. The van der Waals surface area contributed by atoms with Crippen LogP contribution in [0.5, 0.6) is 5.75 Å². The second-order valence-corrected chi connectivity index (χ2v) is 10.4. The quantitative estimate of drug-likeness (QED) is 0.867. The Bertz CT molecular complexity index is 917. The Morgan fingerprint density at radius 2 is 1.85 bits per heavy atom. The maximum Gasteiger partial charge on any atom is 0.242 e. The van der Waals surface area contributed by atoms with Crippen LogP contribution in [0.1, 0.15) is 38.5 Å². The van der Waals surface area contributed by atoms with Crippen LogP contribution in [-0.2, 0) is 10.0 Å². The number of rotatable bonds is 5. The summed E-state index contributed by atoms with van der Waals surface area (Å²) in [7, 11) is -3.39. The van der Waals surface area contributed by atoms with Crippen molar-refractivity contribution in [1.29, 1.82) is 0 Å². The summed E-state index contributed by atoms with van der Waals surface area (Å²) >= 11 is 0. The van der Waals surface area contributed by atoms with Crippen molar-refractivity contribution < 1.29 is 13.2 Å². The third-order valence-corrected chi connectivity index (χ3v) is 6.92. The molecule has 4 bridgehead atoms. The van der Waals surface area contributed by atoms with Gasteiger partial charge in [-0.15, -0.1) is 10.2 Å². The topological polar surface area (TPSA) is 85.6 Å². The lowest BCUT2D eigenvalue weighted by atomic mass is 9.50. The van der Waals surface area contributed by atoms with Gasteiger partial charge in [0.15, 0.2) is 5.65 Å². The first-order valence-electron chi connectivity index (χ1n) is 9.33. The first-order valence-corrected chi connectivity index (χ1v) is 11.2. The van der Waals surface area contributed by atoms with Crippen LogP contribution in [0.4, 0.5) is 5.95 Å². The van der Waals surface area contributed by atoms with Crippen LogP contribution in [0.25, 0.3) is 5.65 Å². The van der Waals surface area contributed by atoms with E-state index in [2.05, 4.69) is 14.9 Å². The van der Waals surface area contributed by atoms with Gasteiger partial charge in [-0.05, 0) is 62.3 Å². The van der Waals surface area contributed by atoms with E-state index >= 15 is 0 Å². The Morgan fingerprint density at radius 3 is 2.46 bits per heavy atom. The number of nitrogens with one attached hydrogen (secondary N) is 1. The molecule has 0 spiro atoms. The zero-order chi connectivity index (χ0) is 17.9. The van der Waals surface area contributed by atoms with Crippen LogP contribution in [0, 0.1) is 23.2 Å². The number of nitrogens with zero attached hydrogens (tertiary/aromatic N) is 3. The molecule has 7 nitrogen and oxygen atoms in total. The Hall–Kier alpha value is -1.83. The van der Waals surface area contributed by atoms with Gasteiger partial charge in [0.1, 0.15) is 5.75 Å². The Balaban J connectivity index is 1.33. The fourth-order valence-corrected chi connectivity index (χ4v) is 6.37. The molecule has 2 aromatic rings. The van der Waals surface area contributed by atoms with E-state index in [1.807, 2.05) is 12.1 Å². The molecule has 0 radical (unpaired) electrons. The summed E-state index contributed by atoms with van der Waals surface area (Å²) in [5, 5.41) is 7.95. The highest BCUT2D eigenvalue weighted by atomic mass is 32.2. The smallest absolute Gasteiger partial charge is 0.242 e. The molecule has 4 saturated carbocycles. The van der Waals surface area contributed by atoms with Crippen molar-refractivity contribution in [2.45, 2.75) is 38.5 Å². The summed E-state index contributed by atoms with van der Waals surface area (Å²) in [6.45, 7) is 0.773. The van der Waals surface area contributed by atoms with Crippen molar-refractivity contribution in [3.8, 4) is 5.75 Å². The molecule has 0 aliphatic heterocycles. The molecule has 4 aliphatic carbocycles.